The van der Waals surface area contributed by atoms with Crippen LogP contribution in [-0.2, 0) is 9.59 Å². The Morgan fingerprint density at radius 3 is 2.88 bits per heavy atom. The first kappa shape index (κ1) is 16.6. The van der Waals surface area contributed by atoms with Crippen LogP contribution in [0.3, 0.4) is 0 Å². The van der Waals surface area contributed by atoms with Crippen molar-refractivity contribution >= 4 is 28.3 Å². The van der Waals surface area contributed by atoms with E-state index in [0.29, 0.717) is 13.0 Å². The van der Waals surface area contributed by atoms with Gasteiger partial charge in [0.05, 0.1) is 11.6 Å². The predicted octanol–water partition coefficient (Wildman–Crippen LogP) is 3.40. The molecule has 5 nitrogen and oxygen atoms in total. The summed E-state index contributed by atoms with van der Waals surface area (Å²) in [6.45, 7) is 3.13. The Morgan fingerprint density at radius 2 is 2.12 bits per heavy atom. The second kappa shape index (κ2) is 7.57. The van der Waals surface area contributed by atoms with Crippen molar-refractivity contribution in [1.82, 2.24) is 9.27 Å². The van der Waals surface area contributed by atoms with Crippen molar-refractivity contribution < 1.29 is 9.59 Å². The lowest BCUT2D eigenvalue weighted by atomic mass is 9.97. The van der Waals surface area contributed by atoms with Gasteiger partial charge in [-0.25, -0.2) is 0 Å². The van der Waals surface area contributed by atoms with E-state index in [-0.39, 0.29) is 17.7 Å². The van der Waals surface area contributed by atoms with E-state index in [2.05, 4.69) is 9.69 Å². The SMILES string of the molecule is CCC(=O)N1CCC[C@H](C(=O)Nc2cc(-c3ccccc3)ns2)C1. The molecule has 0 aliphatic carbocycles. The molecular formula is C18H21N3O2S. The highest BCUT2D eigenvalue weighted by Crippen LogP contribution is 2.26. The molecule has 1 aliphatic heterocycles. The minimum Gasteiger partial charge on any atom is -0.342 e. The highest BCUT2D eigenvalue weighted by Gasteiger charge is 2.28. The molecule has 0 unspecified atom stereocenters. The lowest BCUT2D eigenvalue weighted by molar-refractivity contribution is -0.134. The Kier molecular flexibility index (Phi) is 5.25. The van der Waals surface area contributed by atoms with Crippen molar-refractivity contribution in [2.45, 2.75) is 26.2 Å². The molecule has 0 radical (unpaired) electrons. The van der Waals surface area contributed by atoms with Crippen LogP contribution in [0.15, 0.2) is 36.4 Å². The molecule has 1 aliphatic rings. The van der Waals surface area contributed by atoms with Crippen LogP contribution in [0, 0.1) is 5.92 Å². The zero-order chi connectivity index (χ0) is 16.9. The van der Waals surface area contributed by atoms with E-state index in [4.69, 9.17) is 0 Å². The summed E-state index contributed by atoms with van der Waals surface area (Å²) in [5.41, 5.74) is 1.90. The van der Waals surface area contributed by atoms with E-state index >= 15 is 0 Å². The van der Waals surface area contributed by atoms with Crippen molar-refractivity contribution in [3.63, 3.8) is 0 Å². The maximum Gasteiger partial charge on any atom is 0.229 e. The van der Waals surface area contributed by atoms with Crippen LogP contribution in [0.25, 0.3) is 11.3 Å². The normalized spacial score (nSPS) is 17.5. The molecule has 1 saturated heterocycles. The first-order valence-corrected chi connectivity index (χ1v) is 9.05. The largest absolute Gasteiger partial charge is 0.342 e. The fourth-order valence-corrected chi connectivity index (χ4v) is 3.61. The topological polar surface area (TPSA) is 62.3 Å². The molecular weight excluding hydrogens is 322 g/mol. The fourth-order valence-electron chi connectivity index (χ4n) is 2.94. The highest BCUT2D eigenvalue weighted by molar-refractivity contribution is 7.10. The number of carbonyl (C=O) groups is 2. The minimum atomic E-state index is -0.142. The van der Waals surface area contributed by atoms with Gasteiger partial charge < -0.3 is 10.2 Å². The fraction of sp³-hybridized carbons (Fsp3) is 0.389. The number of piperidine rings is 1. The zero-order valence-corrected chi connectivity index (χ0v) is 14.5. The van der Waals surface area contributed by atoms with Crippen LogP contribution < -0.4 is 5.32 Å². The van der Waals surface area contributed by atoms with Crippen molar-refractivity contribution in [3.8, 4) is 11.3 Å². The van der Waals surface area contributed by atoms with E-state index in [9.17, 15) is 9.59 Å². The number of nitrogens with zero attached hydrogens (tertiary/aromatic N) is 2. The van der Waals surface area contributed by atoms with E-state index in [0.717, 1.165) is 35.6 Å². The summed E-state index contributed by atoms with van der Waals surface area (Å²) in [7, 11) is 0. The van der Waals surface area contributed by atoms with E-state index in [1.54, 1.807) is 4.90 Å². The number of anilines is 1. The summed E-state index contributed by atoms with van der Waals surface area (Å²) < 4.78 is 4.40. The van der Waals surface area contributed by atoms with Crippen LogP contribution in [0.5, 0.6) is 0 Å². The quantitative estimate of drug-likeness (QED) is 0.925. The Morgan fingerprint density at radius 1 is 1.33 bits per heavy atom. The number of rotatable bonds is 4. The summed E-state index contributed by atoms with van der Waals surface area (Å²) in [5, 5.41) is 3.71. The monoisotopic (exact) mass is 343 g/mol. The third-order valence-electron chi connectivity index (χ3n) is 4.27. The van der Waals surface area contributed by atoms with E-state index in [1.165, 1.54) is 11.5 Å². The van der Waals surface area contributed by atoms with Crippen molar-refractivity contribution in [3.05, 3.63) is 36.4 Å². The number of nitrogens with one attached hydrogen (secondary N) is 1. The van der Waals surface area contributed by atoms with Gasteiger partial charge >= 0.3 is 0 Å². The van der Waals surface area contributed by atoms with Crippen LogP contribution in [-0.4, -0.2) is 34.2 Å². The highest BCUT2D eigenvalue weighted by atomic mass is 32.1. The predicted molar refractivity (Wildman–Crippen MR) is 95.8 cm³/mol. The third kappa shape index (κ3) is 3.82. The summed E-state index contributed by atoms with van der Waals surface area (Å²) in [4.78, 5) is 26.1. The van der Waals surface area contributed by atoms with Crippen LogP contribution in [0.1, 0.15) is 26.2 Å². The Balaban J connectivity index is 1.63. The van der Waals surface area contributed by atoms with Gasteiger partial charge in [0.2, 0.25) is 11.8 Å². The summed E-state index contributed by atoms with van der Waals surface area (Å²) in [5.74, 6) is -0.0416. The number of carbonyl (C=O) groups excluding carboxylic acids is 2. The van der Waals surface area contributed by atoms with Gasteiger partial charge in [-0.3, -0.25) is 9.59 Å². The first-order valence-electron chi connectivity index (χ1n) is 8.28. The molecule has 3 rings (SSSR count). The molecule has 0 saturated carbocycles. The summed E-state index contributed by atoms with van der Waals surface area (Å²) in [6, 6.07) is 11.8. The number of likely N-dealkylation sites (tertiary alicyclic amines) is 1. The van der Waals surface area contributed by atoms with Gasteiger partial charge in [-0.05, 0) is 24.4 Å². The molecule has 0 spiro atoms. The van der Waals surface area contributed by atoms with Crippen LogP contribution in [0.4, 0.5) is 5.00 Å². The molecule has 24 heavy (non-hydrogen) atoms. The number of amides is 2. The molecule has 1 aromatic carbocycles. The van der Waals surface area contributed by atoms with Crippen molar-refractivity contribution in [1.29, 1.82) is 0 Å². The van der Waals surface area contributed by atoms with Gasteiger partial charge in [0.15, 0.2) is 0 Å². The minimum absolute atomic E-state index is 0.0214. The Bertz CT molecular complexity index is 714. The molecule has 2 amide bonds. The number of hydrogen-bond acceptors (Lipinski definition) is 4. The number of benzene rings is 1. The zero-order valence-electron chi connectivity index (χ0n) is 13.7. The average molecular weight is 343 g/mol. The van der Waals surface area contributed by atoms with Crippen molar-refractivity contribution in [2.24, 2.45) is 5.92 Å². The van der Waals surface area contributed by atoms with Gasteiger partial charge in [-0.15, -0.1) is 0 Å². The Hall–Kier alpha value is -2.21. The lowest BCUT2D eigenvalue weighted by Crippen LogP contribution is -2.43. The second-order valence-corrected chi connectivity index (χ2v) is 6.77. The standard InChI is InChI=1S/C18H21N3O2S/c1-2-17(22)21-10-6-9-14(12-21)18(23)19-16-11-15(20-24-16)13-7-4-3-5-8-13/h3-5,7-8,11,14H,2,6,9-10,12H2,1H3,(H,19,23)/t14-/m0/s1. The van der Waals surface area contributed by atoms with Crippen LogP contribution >= 0.6 is 11.5 Å². The lowest BCUT2D eigenvalue weighted by Gasteiger charge is -2.31. The summed E-state index contributed by atoms with van der Waals surface area (Å²) >= 11 is 1.29. The molecule has 2 aromatic rings. The molecule has 126 valence electrons. The van der Waals surface area contributed by atoms with Gasteiger partial charge in [0.25, 0.3) is 0 Å². The molecule has 1 aromatic heterocycles. The second-order valence-electron chi connectivity index (χ2n) is 5.96. The molecule has 1 fully saturated rings. The van der Waals surface area contributed by atoms with E-state index < -0.39 is 0 Å². The summed E-state index contributed by atoms with van der Waals surface area (Å²) in [6.07, 6.45) is 2.19. The van der Waals surface area contributed by atoms with Gasteiger partial charge in [0, 0.05) is 31.1 Å². The van der Waals surface area contributed by atoms with Gasteiger partial charge in [-0.2, -0.15) is 4.37 Å². The molecule has 0 bridgehead atoms. The maximum absolute atomic E-state index is 12.5. The smallest absolute Gasteiger partial charge is 0.229 e. The number of aromatic nitrogens is 1. The molecule has 6 heteroatoms. The first-order chi connectivity index (χ1) is 11.7. The maximum atomic E-state index is 12.5. The number of hydrogen-bond donors (Lipinski definition) is 1. The Labute approximate surface area is 145 Å². The van der Waals surface area contributed by atoms with Crippen molar-refractivity contribution in [2.75, 3.05) is 18.4 Å². The molecule has 1 N–H and O–H groups in total. The van der Waals surface area contributed by atoms with Gasteiger partial charge in [-0.1, -0.05) is 37.3 Å². The third-order valence-corrected chi connectivity index (χ3v) is 4.98. The van der Waals surface area contributed by atoms with Gasteiger partial charge in [0.1, 0.15) is 5.00 Å². The molecule has 1 atom stereocenters. The average Bonchev–Trinajstić information content (AvgIpc) is 3.10. The molecule has 2 heterocycles. The van der Waals surface area contributed by atoms with Crippen LogP contribution in [0.2, 0.25) is 0 Å². The van der Waals surface area contributed by atoms with E-state index in [1.807, 2.05) is 43.3 Å².